The van der Waals surface area contributed by atoms with E-state index >= 15 is 0 Å². The van der Waals surface area contributed by atoms with Crippen LogP contribution < -0.4 is 4.90 Å². The lowest BCUT2D eigenvalue weighted by Gasteiger charge is -2.16. The first-order chi connectivity index (χ1) is 7.49. The van der Waals surface area contributed by atoms with E-state index in [4.69, 9.17) is 23.2 Å². The monoisotopic (exact) mass is 263 g/mol. The fourth-order valence-corrected chi connectivity index (χ4v) is 2.11. The Labute approximate surface area is 101 Å². The van der Waals surface area contributed by atoms with Crippen LogP contribution in [0.1, 0.15) is 6.42 Å². The third kappa shape index (κ3) is 2.00. The van der Waals surface area contributed by atoms with E-state index in [0.717, 1.165) is 0 Å². The first kappa shape index (κ1) is 11.6. The molecule has 1 amide bonds. The summed E-state index contributed by atoms with van der Waals surface area (Å²) in [5.74, 6) is -0.939. The van der Waals surface area contributed by atoms with Crippen molar-refractivity contribution in [2.45, 2.75) is 12.5 Å². The Morgan fingerprint density at radius 2 is 1.94 bits per heavy atom. The van der Waals surface area contributed by atoms with Crippen molar-refractivity contribution in [3.63, 3.8) is 0 Å². The minimum Gasteiger partial charge on any atom is -0.391 e. The van der Waals surface area contributed by atoms with Gasteiger partial charge in [-0.3, -0.25) is 4.79 Å². The van der Waals surface area contributed by atoms with Gasteiger partial charge in [0.05, 0.1) is 29.1 Å². The van der Waals surface area contributed by atoms with Gasteiger partial charge in [-0.05, 0) is 12.1 Å². The highest BCUT2D eigenvalue weighted by Crippen LogP contribution is 2.31. The minimum atomic E-state index is -0.709. The molecule has 1 atom stereocenters. The lowest BCUT2D eigenvalue weighted by molar-refractivity contribution is -0.117. The number of anilines is 1. The molecule has 0 bridgehead atoms. The predicted octanol–water partition coefficient (Wildman–Crippen LogP) is 2.23. The van der Waals surface area contributed by atoms with Crippen molar-refractivity contribution in [3.8, 4) is 0 Å². The number of carbonyl (C=O) groups is 1. The summed E-state index contributed by atoms with van der Waals surface area (Å²) in [6.45, 7) is 0.178. The van der Waals surface area contributed by atoms with Gasteiger partial charge in [-0.15, -0.1) is 0 Å². The van der Waals surface area contributed by atoms with E-state index in [0.29, 0.717) is 5.69 Å². The van der Waals surface area contributed by atoms with Crippen LogP contribution in [0.15, 0.2) is 12.1 Å². The second-order valence-electron chi connectivity index (χ2n) is 3.59. The Bertz CT molecular complexity index is 429. The summed E-state index contributed by atoms with van der Waals surface area (Å²) in [7, 11) is 0. The van der Waals surface area contributed by atoms with Crippen molar-refractivity contribution in [2.24, 2.45) is 0 Å². The molecule has 1 aromatic carbocycles. The Hall–Kier alpha value is -0.840. The molecule has 0 aliphatic carbocycles. The van der Waals surface area contributed by atoms with Crippen molar-refractivity contribution in [1.29, 1.82) is 0 Å². The van der Waals surface area contributed by atoms with E-state index < -0.39 is 11.9 Å². The molecule has 2 rings (SSSR count). The van der Waals surface area contributed by atoms with Crippen LogP contribution in [0.25, 0.3) is 0 Å². The van der Waals surface area contributed by atoms with Gasteiger partial charge in [-0.25, -0.2) is 4.39 Å². The van der Waals surface area contributed by atoms with E-state index in [1.165, 1.54) is 17.0 Å². The van der Waals surface area contributed by atoms with Gasteiger partial charge in [-0.1, -0.05) is 23.2 Å². The zero-order valence-corrected chi connectivity index (χ0v) is 9.59. The largest absolute Gasteiger partial charge is 0.391 e. The van der Waals surface area contributed by atoms with E-state index in [9.17, 15) is 14.3 Å². The number of halogens is 3. The Balaban J connectivity index is 2.38. The highest BCUT2D eigenvalue weighted by molar-refractivity contribution is 6.35. The lowest BCUT2D eigenvalue weighted by atomic mass is 10.3. The van der Waals surface area contributed by atoms with E-state index in [1.54, 1.807) is 0 Å². The van der Waals surface area contributed by atoms with Crippen molar-refractivity contribution in [1.82, 2.24) is 0 Å². The molecule has 1 aliphatic heterocycles. The third-order valence-corrected chi connectivity index (χ3v) is 2.93. The van der Waals surface area contributed by atoms with Gasteiger partial charge in [0.15, 0.2) is 5.82 Å². The molecule has 1 N–H and O–H groups in total. The highest BCUT2D eigenvalue weighted by Gasteiger charge is 2.29. The van der Waals surface area contributed by atoms with Crippen LogP contribution in [0, 0.1) is 5.82 Å². The standard InChI is InChI=1S/C10H8Cl2FNO2/c11-7-1-5(2-8(12)10(7)13)14-4-6(15)3-9(14)16/h1-2,6,15H,3-4H2. The molecular weight excluding hydrogens is 256 g/mol. The fourth-order valence-electron chi connectivity index (χ4n) is 1.64. The maximum absolute atomic E-state index is 13.2. The molecule has 1 aromatic rings. The first-order valence-electron chi connectivity index (χ1n) is 4.62. The quantitative estimate of drug-likeness (QED) is 0.790. The van der Waals surface area contributed by atoms with Crippen LogP contribution in [-0.2, 0) is 4.79 Å². The zero-order valence-electron chi connectivity index (χ0n) is 8.08. The second kappa shape index (κ2) is 4.20. The number of nitrogens with zero attached hydrogens (tertiary/aromatic N) is 1. The molecule has 0 radical (unpaired) electrons. The molecule has 1 fully saturated rings. The number of hydrogen-bond acceptors (Lipinski definition) is 2. The molecule has 0 saturated carbocycles. The van der Waals surface area contributed by atoms with Gasteiger partial charge in [0.25, 0.3) is 0 Å². The summed E-state index contributed by atoms with van der Waals surface area (Å²) in [5.41, 5.74) is 0.401. The summed E-state index contributed by atoms with van der Waals surface area (Å²) in [5, 5.41) is 9.04. The van der Waals surface area contributed by atoms with Crippen molar-refractivity contribution < 1.29 is 14.3 Å². The van der Waals surface area contributed by atoms with Gasteiger partial charge in [-0.2, -0.15) is 0 Å². The van der Waals surface area contributed by atoms with Crippen LogP contribution in [0.3, 0.4) is 0 Å². The van der Waals surface area contributed by atoms with Crippen LogP contribution >= 0.6 is 23.2 Å². The SMILES string of the molecule is O=C1CC(O)CN1c1cc(Cl)c(F)c(Cl)c1. The van der Waals surface area contributed by atoms with Crippen LogP contribution in [0.4, 0.5) is 10.1 Å². The van der Waals surface area contributed by atoms with Crippen LogP contribution in [0.5, 0.6) is 0 Å². The number of β-amino-alcohol motifs (C(OH)–C–C–N with tert-alkyl or cyclic N) is 1. The molecular formula is C10H8Cl2FNO2. The van der Waals surface area contributed by atoms with E-state index in [1.807, 2.05) is 0 Å². The van der Waals surface area contributed by atoms with Gasteiger partial charge in [0.2, 0.25) is 5.91 Å². The number of aliphatic hydroxyl groups excluding tert-OH is 1. The maximum atomic E-state index is 13.2. The normalized spacial score (nSPS) is 20.6. The molecule has 86 valence electrons. The maximum Gasteiger partial charge on any atom is 0.229 e. The topological polar surface area (TPSA) is 40.5 Å². The number of amides is 1. The summed E-state index contributed by atoms with van der Waals surface area (Å²) in [6.07, 6.45) is -0.637. The molecule has 1 unspecified atom stereocenters. The third-order valence-electron chi connectivity index (χ3n) is 2.38. The predicted molar refractivity (Wildman–Crippen MR) is 59.4 cm³/mol. The summed E-state index contributed by atoms with van der Waals surface area (Å²) in [4.78, 5) is 12.8. The number of rotatable bonds is 1. The highest BCUT2D eigenvalue weighted by atomic mass is 35.5. The average Bonchev–Trinajstić information content (AvgIpc) is 2.53. The number of aliphatic hydroxyl groups is 1. The molecule has 0 spiro atoms. The Kier molecular flexibility index (Phi) is 3.06. The molecule has 16 heavy (non-hydrogen) atoms. The van der Waals surface area contributed by atoms with Gasteiger partial charge in [0.1, 0.15) is 0 Å². The summed E-state index contributed by atoms with van der Waals surface area (Å²) >= 11 is 11.2. The van der Waals surface area contributed by atoms with E-state index in [2.05, 4.69) is 0 Å². The summed E-state index contributed by atoms with van der Waals surface area (Å²) in [6, 6.07) is 2.64. The number of hydrogen-bond donors (Lipinski definition) is 1. The Morgan fingerprint density at radius 3 is 2.38 bits per heavy atom. The molecule has 0 aromatic heterocycles. The van der Waals surface area contributed by atoms with Crippen LogP contribution in [0.2, 0.25) is 10.0 Å². The van der Waals surface area contributed by atoms with Crippen LogP contribution in [-0.4, -0.2) is 23.7 Å². The lowest BCUT2D eigenvalue weighted by Crippen LogP contribution is -2.25. The van der Waals surface area contributed by atoms with Crippen molar-refractivity contribution in [3.05, 3.63) is 28.0 Å². The first-order valence-corrected chi connectivity index (χ1v) is 5.37. The number of benzene rings is 1. The van der Waals surface area contributed by atoms with E-state index in [-0.39, 0.29) is 28.9 Å². The van der Waals surface area contributed by atoms with Gasteiger partial charge in [0, 0.05) is 5.69 Å². The molecule has 3 nitrogen and oxygen atoms in total. The van der Waals surface area contributed by atoms with Crippen molar-refractivity contribution in [2.75, 3.05) is 11.4 Å². The zero-order chi connectivity index (χ0) is 11.9. The fraction of sp³-hybridized carbons (Fsp3) is 0.300. The van der Waals surface area contributed by atoms with Gasteiger partial charge < -0.3 is 10.0 Å². The second-order valence-corrected chi connectivity index (χ2v) is 4.40. The summed E-state index contributed by atoms with van der Waals surface area (Å²) < 4.78 is 13.2. The van der Waals surface area contributed by atoms with Crippen molar-refractivity contribution >= 4 is 34.8 Å². The smallest absolute Gasteiger partial charge is 0.229 e. The molecule has 6 heteroatoms. The average molecular weight is 264 g/mol. The number of carbonyl (C=O) groups excluding carboxylic acids is 1. The molecule has 1 saturated heterocycles. The van der Waals surface area contributed by atoms with Gasteiger partial charge >= 0.3 is 0 Å². The Morgan fingerprint density at radius 1 is 1.38 bits per heavy atom. The minimum absolute atomic E-state index is 0.0621. The molecule has 1 heterocycles. The molecule has 1 aliphatic rings.